The first-order chi connectivity index (χ1) is 10.8. The van der Waals surface area contributed by atoms with E-state index in [4.69, 9.17) is 0 Å². The number of nitrogens with one attached hydrogen (secondary N) is 1. The molecule has 128 valence electrons. The van der Waals surface area contributed by atoms with Crippen LogP contribution in [0.4, 0.5) is 5.69 Å². The monoisotopic (exact) mass is 439 g/mol. The lowest BCUT2D eigenvalue weighted by molar-refractivity contribution is -0.0000142. The lowest BCUT2D eigenvalue weighted by atomic mass is 10.1. The van der Waals surface area contributed by atoms with Gasteiger partial charge in [-0.2, -0.15) is 5.10 Å². The van der Waals surface area contributed by atoms with Gasteiger partial charge in [-0.1, -0.05) is 12.1 Å². The first kappa shape index (κ1) is 20.1. The van der Waals surface area contributed by atoms with Gasteiger partial charge in [0, 0.05) is 17.2 Å². The molecule has 0 saturated carbocycles. The third-order valence-corrected chi connectivity index (χ3v) is 3.44. The van der Waals surface area contributed by atoms with Crippen molar-refractivity contribution in [2.75, 3.05) is 21.1 Å². The summed E-state index contributed by atoms with van der Waals surface area (Å²) < 4.78 is 0.627. The molecule has 24 heavy (non-hydrogen) atoms. The van der Waals surface area contributed by atoms with E-state index in [-0.39, 0.29) is 35.6 Å². The summed E-state index contributed by atoms with van der Waals surface area (Å²) in [5.74, 6) is -0.154. The molecule has 0 unspecified atom stereocenters. The van der Waals surface area contributed by atoms with Crippen LogP contribution in [0.5, 0.6) is 5.75 Å². The smallest absolute Gasteiger partial charge is 0.271 e. The summed E-state index contributed by atoms with van der Waals surface area (Å²) >= 11 is 0. The van der Waals surface area contributed by atoms with Gasteiger partial charge in [0.15, 0.2) is 0 Å². The Hall–Kier alpha value is -1.93. The number of hydrogen-bond donors (Lipinski definition) is 2. The van der Waals surface area contributed by atoms with Gasteiger partial charge in [0.05, 0.1) is 27.4 Å². The SMILES string of the molecule is Cc1ccc(/C=N/NC(=O)c2cccc([N+](C)(C)C)c2)c(O)c1.[I-]. The molecule has 0 atom stereocenters. The van der Waals surface area contributed by atoms with Crippen LogP contribution < -0.4 is 33.9 Å². The van der Waals surface area contributed by atoms with E-state index in [9.17, 15) is 9.90 Å². The fourth-order valence-electron chi connectivity index (χ4n) is 2.05. The van der Waals surface area contributed by atoms with Gasteiger partial charge in [-0.3, -0.25) is 9.28 Å². The zero-order chi connectivity index (χ0) is 17.0. The van der Waals surface area contributed by atoms with Crippen molar-refractivity contribution in [2.24, 2.45) is 5.10 Å². The average molecular weight is 439 g/mol. The van der Waals surface area contributed by atoms with Crippen molar-refractivity contribution in [2.45, 2.75) is 6.92 Å². The van der Waals surface area contributed by atoms with Gasteiger partial charge in [-0.15, -0.1) is 0 Å². The topological polar surface area (TPSA) is 61.7 Å². The number of aryl methyl sites for hydroxylation is 1. The van der Waals surface area contributed by atoms with Gasteiger partial charge >= 0.3 is 0 Å². The number of halogens is 1. The highest BCUT2D eigenvalue weighted by Gasteiger charge is 2.14. The van der Waals surface area contributed by atoms with Crippen LogP contribution in [0.1, 0.15) is 21.5 Å². The molecule has 2 N–H and O–H groups in total. The molecule has 0 radical (unpaired) electrons. The van der Waals surface area contributed by atoms with Gasteiger partial charge in [0.2, 0.25) is 0 Å². The summed E-state index contributed by atoms with van der Waals surface area (Å²) in [7, 11) is 6.11. The molecular formula is C18H22IN3O2. The first-order valence-corrected chi connectivity index (χ1v) is 7.32. The maximum Gasteiger partial charge on any atom is 0.271 e. The van der Waals surface area contributed by atoms with Crippen molar-refractivity contribution < 1.29 is 33.9 Å². The largest absolute Gasteiger partial charge is 1.00 e. The van der Waals surface area contributed by atoms with Gasteiger partial charge in [-0.25, -0.2) is 5.43 Å². The van der Waals surface area contributed by atoms with Crippen molar-refractivity contribution in [3.8, 4) is 5.75 Å². The second kappa shape index (κ2) is 8.25. The molecule has 1 amide bonds. The molecule has 6 heteroatoms. The Kier molecular flexibility index (Phi) is 6.92. The van der Waals surface area contributed by atoms with Crippen molar-refractivity contribution >= 4 is 17.8 Å². The molecule has 0 heterocycles. The van der Waals surface area contributed by atoms with Crippen molar-refractivity contribution in [1.29, 1.82) is 0 Å². The standard InChI is InChI=1S/C18H21N3O2.HI/c1-13-8-9-15(17(22)10-13)12-19-20-18(23)14-6-5-7-16(11-14)21(2,3)4;/h5-12H,1-4H3,(H-,19,20,22,23);1H. The Morgan fingerprint density at radius 3 is 2.50 bits per heavy atom. The minimum Gasteiger partial charge on any atom is -1.00 e. The molecule has 0 aliphatic rings. The Bertz CT molecular complexity index is 752. The minimum atomic E-state index is -0.289. The molecule has 0 spiro atoms. The summed E-state index contributed by atoms with van der Waals surface area (Å²) in [4.78, 5) is 12.2. The fraction of sp³-hybridized carbons (Fsp3) is 0.222. The number of quaternary nitrogens is 1. The molecule has 2 aromatic carbocycles. The minimum absolute atomic E-state index is 0. The van der Waals surface area contributed by atoms with E-state index >= 15 is 0 Å². The van der Waals surface area contributed by atoms with E-state index in [2.05, 4.69) is 10.5 Å². The van der Waals surface area contributed by atoms with Crippen molar-refractivity contribution in [3.05, 3.63) is 59.2 Å². The number of hydrogen-bond acceptors (Lipinski definition) is 3. The number of nitrogens with zero attached hydrogens (tertiary/aromatic N) is 2. The fourth-order valence-corrected chi connectivity index (χ4v) is 2.05. The van der Waals surface area contributed by atoms with E-state index in [1.54, 1.807) is 18.2 Å². The summed E-state index contributed by atoms with van der Waals surface area (Å²) in [6.45, 7) is 1.89. The number of aromatic hydroxyl groups is 1. The number of amides is 1. The van der Waals surface area contributed by atoms with E-state index in [0.29, 0.717) is 15.6 Å². The highest BCUT2D eigenvalue weighted by molar-refractivity contribution is 5.95. The second-order valence-electron chi connectivity index (χ2n) is 6.32. The Labute approximate surface area is 159 Å². The summed E-state index contributed by atoms with van der Waals surface area (Å²) in [5.41, 5.74) is 5.56. The highest BCUT2D eigenvalue weighted by Crippen LogP contribution is 2.18. The molecule has 0 fully saturated rings. The lowest BCUT2D eigenvalue weighted by Gasteiger charge is -2.23. The number of carbonyl (C=O) groups excluding carboxylic acids is 1. The molecule has 0 bridgehead atoms. The van der Waals surface area contributed by atoms with Gasteiger partial charge in [0.25, 0.3) is 5.91 Å². The van der Waals surface area contributed by atoms with Crippen LogP contribution in [0.2, 0.25) is 0 Å². The van der Waals surface area contributed by atoms with Crippen LogP contribution in [0.15, 0.2) is 47.6 Å². The second-order valence-corrected chi connectivity index (χ2v) is 6.32. The van der Waals surface area contributed by atoms with E-state index in [1.807, 2.05) is 52.3 Å². The van der Waals surface area contributed by atoms with Crippen LogP contribution in [0, 0.1) is 6.92 Å². The van der Waals surface area contributed by atoms with E-state index < -0.39 is 0 Å². The molecular weight excluding hydrogens is 417 g/mol. The van der Waals surface area contributed by atoms with Crippen molar-refractivity contribution in [3.63, 3.8) is 0 Å². The Balaban J connectivity index is 0.00000288. The van der Waals surface area contributed by atoms with E-state index in [0.717, 1.165) is 11.3 Å². The van der Waals surface area contributed by atoms with Crippen LogP contribution in [-0.4, -0.2) is 38.4 Å². The van der Waals surface area contributed by atoms with Gasteiger partial charge in [-0.05, 0) is 36.8 Å². The normalized spacial score (nSPS) is 11.2. The number of benzene rings is 2. The maximum atomic E-state index is 12.2. The molecule has 5 nitrogen and oxygen atoms in total. The highest BCUT2D eigenvalue weighted by atomic mass is 127. The van der Waals surface area contributed by atoms with Gasteiger partial charge in [0.1, 0.15) is 11.4 Å². The predicted octanol–water partition coefficient (Wildman–Crippen LogP) is -0.335. The van der Waals surface area contributed by atoms with Crippen LogP contribution in [-0.2, 0) is 0 Å². The van der Waals surface area contributed by atoms with Crippen molar-refractivity contribution in [1.82, 2.24) is 9.91 Å². The lowest BCUT2D eigenvalue weighted by Crippen LogP contribution is -3.00. The first-order valence-electron chi connectivity index (χ1n) is 7.32. The quantitative estimate of drug-likeness (QED) is 0.297. The number of rotatable bonds is 4. The summed E-state index contributed by atoms with van der Waals surface area (Å²) in [5, 5.41) is 13.7. The maximum absolute atomic E-state index is 12.2. The average Bonchev–Trinajstić information content (AvgIpc) is 2.48. The number of hydrazone groups is 1. The molecule has 0 aromatic heterocycles. The van der Waals surface area contributed by atoms with Crippen LogP contribution in [0.3, 0.4) is 0 Å². The van der Waals surface area contributed by atoms with Gasteiger partial charge < -0.3 is 29.1 Å². The summed E-state index contributed by atoms with van der Waals surface area (Å²) in [6.07, 6.45) is 1.43. The van der Waals surface area contributed by atoms with E-state index in [1.165, 1.54) is 6.21 Å². The van der Waals surface area contributed by atoms with Crippen LogP contribution >= 0.6 is 0 Å². The third-order valence-electron chi connectivity index (χ3n) is 3.44. The molecule has 0 saturated heterocycles. The van der Waals surface area contributed by atoms with Crippen LogP contribution in [0.25, 0.3) is 0 Å². The third kappa shape index (κ3) is 5.31. The molecule has 2 aromatic rings. The zero-order valence-electron chi connectivity index (χ0n) is 14.2. The Morgan fingerprint density at radius 2 is 1.88 bits per heavy atom. The summed E-state index contributed by atoms with van der Waals surface area (Å²) in [6, 6.07) is 12.7. The zero-order valence-corrected chi connectivity index (χ0v) is 16.4. The molecule has 0 aliphatic carbocycles. The predicted molar refractivity (Wildman–Crippen MR) is 93.9 cm³/mol. The Morgan fingerprint density at radius 1 is 1.17 bits per heavy atom. The number of carbonyl (C=O) groups is 1. The molecule has 0 aliphatic heterocycles. The number of phenols is 1. The number of phenolic OH excluding ortho intramolecular Hbond substituents is 1. The molecule has 2 rings (SSSR count).